The highest BCUT2D eigenvalue weighted by Crippen LogP contribution is 2.41. The molecule has 34 heavy (non-hydrogen) atoms. The first-order chi connectivity index (χ1) is 16.1. The first-order valence-electron chi connectivity index (χ1n) is 10.8. The SMILES string of the molecule is Cc1ccc(Sc2c(C)nn(C(C)(C)C)c2OC(=O)c2c(-c3ccccc3Cl)noc2C)cc1. The van der Waals surface area contributed by atoms with Gasteiger partial charge in [-0.25, -0.2) is 9.48 Å². The van der Waals surface area contributed by atoms with Crippen molar-refractivity contribution in [3.05, 3.63) is 76.1 Å². The Morgan fingerprint density at radius 1 is 1.06 bits per heavy atom. The fourth-order valence-corrected chi connectivity index (χ4v) is 4.60. The lowest BCUT2D eigenvalue weighted by atomic mass is 10.1. The highest BCUT2D eigenvalue weighted by molar-refractivity contribution is 7.99. The number of benzene rings is 2. The molecule has 0 N–H and O–H groups in total. The van der Waals surface area contributed by atoms with Crippen LogP contribution in [0, 0.1) is 20.8 Å². The van der Waals surface area contributed by atoms with Gasteiger partial charge in [0.2, 0.25) is 5.88 Å². The molecule has 2 aromatic heterocycles. The van der Waals surface area contributed by atoms with Gasteiger partial charge in [-0.1, -0.05) is 64.4 Å². The molecular formula is C26H26ClN3O3S. The van der Waals surface area contributed by atoms with E-state index in [1.165, 1.54) is 17.3 Å². The molecule has 4 rings (SSSR count). The van der Waals surface area contributed by atoms with Crippen LogP contribution in [0.2, 0.25) is 5.02 Å². The summed E-state index contributed by atoms with van der Waals surface area (Å²) in [5.41, 5.74) is 2.72. The Hall–Kier alpha value is -3.03. The second-order valence-corrected chi connectivity index (χ2v) is 10.5. The maximum atomic E-state index is 13.5. The van der Waals surface area contributed by atoms with Gasteiger partial charge in [0.05, 0.1) is 21.2 Å². The van der Waals surface area contributed by atoms with Crippen molar-refractivity contribution in [3.8, 4) is 17.1 Å². The summed E-state index contributed by atoms with van der Waals surface area (Å²) in [6, 6.07) is 15.4. The van der Waals surface area contributed by atoms with Crippen LogP contribution in [0.4, 0.5) is 0 Å². The number of hydrogen-bond donors (Lipinski definition) is 0. The Morgan fingerprint density at radius 2 is 1.74 bits per heavy atom. The predicted octanol–water partition coefficient (Wildman–Crippen LogP) is 7.24. The van der Waals surface area contributed by atoms with Gasteiger partial charge < -0.3 is 9.26 Å². The number of carbonyl (C=O) groups is 1. The van der Waals surface area contributed by atoms with Gasteiger partial charge >= 0.3 is 5.97 Å². The Morgan fingerprint density at radius 3 is 2.38 bits per heavy atom. The second kappa shape index (κ2) is 9.31. The zero-order valence-corrected chi connectivity index (χ0v) is 21.5. The van der Waals surface area contributed by atoms with Crippen LogP contribution < -0.4 is 4.74 Å². The number of esters is 1. The van der Waals surface area contributed by atoms with E-state index in [9.17, 15) is 4.79 Å². The van der Waals surface area contributed by atoms with Crippen molar-refractivity contribution in [1.82, 2.24) is 14.9 Å². The van der Waals surface area contributed by atoms with Crippen LogP contribution in [0.15, 0.2) is 62.8 Å². The zero-order valence-electron chi connectivity index (χ0n) is 20.0. The largest absolute Gasteiger partial charge is 0.403 e. The van der Waals surface area contributed by atoms with Gasteiger partial charge in [0.25, 0.3) is 0 Å². The molecule has 8 heteroatoms. The summed E-state index contributed by atoms with van der Waals surface area (Å²) in [6.45, 7) is 11.7. The van der Waals surface area contributed by atoms with Gasteiger partial charge in [0.15, 0.2) is 0 Å². The predicted molar refractivity (Wildman–Crippen MR) is 134 cm³/mol. The molecule has 6 nitrogen and oxygen atoms in total. The van der Waals surface area contributed by atoms with Crippen molar-refractivity contribution in [2.75, 3.05) is 0 Å². The summed E-state index contributed by atoms with van der Waals surface area (Å²) in [5, 5.41) is 9.27. The molecule has 0 aliphatic heterocycles. The lowest BCUT2D eigenvalue weighted by Crippen LogP contribution is -2.25. The summed E-state index contributed by atoms with van der Waals surface area (Å²) >= 11 is 7.88. The standard InChI is InChI=1S/C26H26ClN3O3S/c1-15-11-13-18(14-12-15)34-23-16(2)28-30(26(4,5)6)24(23)32-25(31)21-17(3)33-29-22(21)19-9-7-8-10-20(19)27/h7-14H,1-6H3. The maximum absolute atomic E-state index is 13.5. The molecular weight excluding hydrogens is 470 g/mol. The summed E-state index contributed by atoms with van der Waals surface area (Å²) < 4.78 is 13.2. The van der Waals surface area contributed by atoms with Crippen molar-refractivity contribution in [3.63, 3.8) is 0 Å². The third-order valence-corrected chi connectivity index (χ3v) is 6.74. The third kappa shape index (κ3) is 4.76. The van der Waals surface area contributed by atoms with Gasteiger partial charge in [-0.15, -0.1) is 0 Å². The quantitative estimate of drug-likeness (QED) is 0.272. The Kier molecular flexibility index (Phi) is 6.60. The van der Waals surface area contributed by atoms with Gasteiger partial charge in [-0.2, -0.15) is 5.10 Å². The number of aryl methyl sites for hydroxylation is 3. The number of carbonyl (C=O) groups excluding carboxylic acids is 1. The van der Waals surface area contributed by atoms with E-state index >= 15 is 0 Å². The molecule has 0 unspecified atom stereocenters. The number of nitrogens with zero attached hydrogens (tertiary/aromatic N) is 3. The fraction of sp³-hybridized carbons (Fsp3) is 0.269. The maximum Gasteiger partial charge on any atom is 0.350 e. The number of aromatic nitrogens is 3. The third-order valence-electron chi connectivity index (χ3n) is 5.23. The van der Waals surface area contributed by atoms with E-state index in [1.54, 1.807) is 23.7 Å². The normalized spacial score (nSPS) is 11.6. The van der Waals surface area contributed by atoms with Crippen molar-refractivity contribution < 1.29 is 14.1 Å². The summed E-state index contributed by atoms with van der Waals surface area (Å²) in [5.74, 6) is 0.155. The lowest BCUT2D eigenvalue weighted by molar-refractivity contribution is 0.0703. The molecule has 0 aliphatic carbocycles. The topological polar surface area (TPSA) is 70.2 Å². The molecule has 0 atom stereocenters. The summed E-state index contributed by atoms with van der Waals surface area (Å²) in [6.07, 6.45) is 0. The fourth-order valence-electron chi connectivity index (χ4n) is 3.47. The monoisotopic (exact) mass is 495 g/mol. The van der Waals surface area contributed by atoms with Crippen molar-refractivity contribution >= 4 is 29.3 Å². The molecule has 0 saturated heterocycles. The Balaban J connectivity index is 1.77. The molecule has 0 aliphatic rings. The van der Waals surface area contributed by atoms with Crippen LogP contribution in [-0.4, -0.2) is 20.9 Å². The first-order valence-corrected chi connectivity index (χ1v) is 12.0. The van der Waals surface area contributed by atoms with E-state index in [0.29, 0.717) is 27.9 Å². The molecule has 0 spiro atoms. The second-order valence-electron chi connectivity index (χ2n) is 9.05. The van der Waals surface area contributed by atoms with Crippen molar-refractivity contribution in [1.29, 1.82) is 0 Å². The van der Waals surface area contributed by atoms with Gasteiger partial charge in [-0.05, 0) is 59.7 Å². The molecule has 0 fully saturated rings. The number of ether oxygens (including phenoxy) is 1. The highest BCUT2D eigenvalue weighted by atomic mass is 35.5. The molecule has 4 aromatic rings. The van der Waals surface area contributed by atoms with Gasteiger partial charge in [0.1, 0.15) is 17.0 Å². The highest BCUT2D eigenvalue weighted by Gasteiger charge is 2.31. The minimum absolute atomic E-state index is 0.235. The number of hydrogen-bond acceptors (Lipinski definition) is 6. The van der Waals surface area contributed by atoms with Crippen LogP contribution >= 0.6 is 23.4 Å². The summed E-state index contributed by atoms with van der Waals surface area (Å²) in [7, 11) is 0. The Labute approximate surface area is 208 Å². The van der Waals surface area contributed by atoms with Gasteiger partial charge in [-0.3, -0.25) is 0 Å². The summed E-state index contributed by atoms with van der Waals surface area (Å²) in [4.78, 5) is 15.3. The van der Waals surface area contributed by atoms with Gasteiger partial charge in [0, 0.05) is 10.5 Å². The molecule has 2 heterocycles. The molecule has 176 valence electrons. The first kappa shape index (κ1) is 24.1. The van der Waals surface area contributed by atoms with E-state index in [1.807, 2.05) is 71.0 Å². The number of rotatable bonds is 5. The van der Waals surface area contributed by atoms with E-state index in [-0.39, 0.29) is 5.56 Å². The van der Waals surface area contributed by atoms with Crippen LogP contribution in [0.5, 0.6) is 5.88 Å². The molecule has 0 saturated carbocycles. The minimum atomic E-state index is -0.579. The van der Waals surface area contributed by atoms with Crippen LogP contribution in [0.25, 0.3) is 11.3 Å². The van der Waals surface area contributed by atoms with Crippen molar-refractivity contribution in [2.45, 2.75) is 56.9 Å². The zero-order chi connectivity index (χ0) is 24.6. The smallest absolute Gasteiger partial charge is 0.350 e. The van der Waals surface area contributed by atoms with Crippen LogP contribution in [0.1, 0.15) is 48.1 Å². The average Bonchev–Trinajstić information content (AvgIpc) is 3.30. The minimum Gasteiger partial charge on any atom is -0.403 e. The molecule has 0 amide bonds. The van der Waals surface area contributed by atoms with E-state index in [2.05, 4.69) is 5.16 Å². The van der Waals surface area contributed by atoms with E-state index < -0.39 is 11.5 Å². The van der Waals surface area contributed by atoms with E-state index in [0.717, 1.165) is 15.5 Å². The van der Waals surface area contributed by atoms with E-state index in [4.69, 9.17) is 26.0 Å². The van der Waals surface area contributed by atoms with Crippen LogP contribution in [-0.2, 0) is 5.54 Å². The number of halogens is 1. The molecule has 0 bridgehead atoms. The lowest BCUT2D eigenvalue weighted by Gasteiger charge is -2.22. The Bertz CT molecular complexity index is 1350. The van der Waals surface area contributed by atoms with Crippen molar-refractivity contribution in [2.24, 2.45) is 0 Å². The van der Waals surface area contributed by atoms with Crippen LogP contribution in [0.3, 0.4) is 0 Å². The molecule has 2 aromatic carbocycles. The average molecular weight is 496 g/mol. The molecule has 0 radical (unpaired) electrons.